The first-order chi connectivity index (χ1) is 12.8. The molecule has 1 heterocycles. The number of likely N-dealkylation sites (tertiary alicyclic amines) is 1. The van der Waals surface area contributed by atoms with Gasteiger partial charge in [-0.2, -0.15) is 0 Å². The molecule has 3 rings (SSSR count). The molecule has 0 aliphatic carbocycles. The van der Waals surface area contributed by atoms with Crippen molar-refractivity contribution in [1.29, 1.82) is 0 Å². The van der Waals surface area contributed by atoms with Gasteiger partial charge in [0.2, 0.25) is 0 Å². The van der Waals surface area contributed by atoms with E-state index in [2.05, 4.69) is 0 Å². The Kier molecular flexibility index (Phi) is 5.15. The van der Waals surface area contributed by atoms with Crippen molar-refractivity contribution < 1.29 is 19.8 Å². The van der Waals surface area contributed by atoms with Crippen molar-refractivity contribution in [3.8, 4) is 0 Å². The van der Waals surface area contributed by atoms with E-state index < -0.39 is 23.8 Å². The van der Waals surface area contributed by atoms with Gasteiger partial charge >= 0.3 is 0 Å². The monoisotopic (exact) mass is 365 g/mol. The molecule has 1 aliphatic rings. The summed E-state index contributed by atoms with van der Waals surface area (Å²) in [5, 5.41) is 20.7. The summed E-state index contributed by atoms with van der Waals surface area (Å²) in [6.45, 7) is 5.44. The molecule has 0 saturated carbocycles. The highest BCUT2D eigenvalue weighted by Gasteiger charge is 2.46. The molecular formula is C22H23NO4. The summed E-state index contributed by atoms with van der Waals surface area (Å²) < 4.78 is 0. The fourth-order valence-electron chi connectivity index (χ4n) is 3.32. The van der Waals surface area contributed by atoms with E-state index in [0.717, 1.165) is 11.1 Å². The SMILES string of the molecule is Cc1ccc(C(O)=C2C(=O)C(=O)N(C[C@H](C)O)[C@@H]2c2ccc(C)cc2)cc1. The number of rotatable bonds is 4. The second-order valence-corrected chi connectivity index (χ2v) is 7.08. The maximum Gasteiger partial charge on any atom is 0.295 e. The number of Topliss-reactive ketones (excluding diaryl/α,β-unsaturated/α-hetero) is 1. The van der Waals surface area contributed by atoms with Gasteiger partial charge in [-0.05, 0) is 26.3 Å². The molecule has 5 nitrogen and oxygen atoms in total. The number of hydrogen-bond donors (Lipinski definition) is 2. The van der Waals surface area contributed by atoms with E-state index in [-0.39, 0.29) is 17.9 Å². The predicted molar refractivity (Wildman–Crippen MR) is 103 cm³/mol. The van der Waals surface area contributed by atoms with E-state index in [1.54, 1.807) is 19.1 Å². The van der Waals surface area contributed by atoms with Gasteiger partial charge in [0, 0.05) is 12.1 Å². The van der Waals surface area contributed by atoms with Crippen molar-refractivity contribution in [3.63, 3.8) is 0 Å². The summed E-state index contributed by atoms with van der Waals surface area (Å²) in [6, 6.07) is 13.8. The van der Waals surface area contributed by atoms with Crippen molar-refractivity contribution in [2.45, 2.75) is 32.9 Å². The summed E-state index contributed by atoms with van der Waals surface area (Å²) >= 11 is 0. The topological polar surface area (TPSA) is 77.8 Å². The number of β-amino-alcohol motifs (C(OH)–C–C–N with tert-alkyl or cyclic N) is 1. The zero-order chi connectivity index (χ0) is 19.7. The second-order valence-electron chi connectivity index (χ2n) is 7.08. The number of aliphatic hydroxyl groups excluding tert-OH is 2. The Morgan fingerprint density at radius 3 is 2.04 bits per heavy atom. The van der Waals surface area contributed by atoms with Gasteiger partial charge in [-0.15, -0.1) is 0 Å². The van der Waals surface area contributed by atoms with Gasteiger partial charge in [-0.25, -0.2) is 0 Å². The Morgan fingerprint density at radius 1 is 1.00 bits per heavy atom. The molecule has 1 saturated heterocycles. The Hall–Kier alpha value is -2.92. The molecule has 2 atom stereocenters. The zero-order valence-electron chi connectivity index (χ0n) is 15.6. The molecule has 1 fully saturated rings. The van der Waals surface area contributed by atoms with Crippen LogP contribution in [0, 0.1) is 13.8 Å². The molecule has 0 radical (unpaired) electrons. The maximum absolute atomic E-state index is 12.7. The normalized spacial score (nSPS) is 20.1. The summed E-state index contributed by atoms with van der Waals surface area (Å²) in [7, 11) is 0. The molecule has 0 spiro atoms. The molecule has 2 aromatic rings. The van der Waals surface area contributed by atoms with Gasteiger partial charge in [-0.3, -0.25) is 9.59 Å². The van der Waals surface area contributed by atoms with Crippen molar-refractivity contribution >= 4 is 17.4 Å². The molecule has 0 aromatic heterocycles. The largest absolute Gasteiger partial charge is 0.507 e. The van der Waals surface area contributed by atoms with Crippen LogP contribution in [0.1, 0.15) is 35.2 Å². The Balaban J connectivity index is 2.17. The summed E-state index contributed by atoms with van der Waals surface area (Å²) in [5.41, 5.74) is 3.32. The predicted octanol–water partition coefficient (Wildman–Crippen LogP) is 3.11. The molecule has 0 unspecified atom stereocenters. The second kappa shape index (κ2) is 7.37. The van der Waals surface area contributed by atoms with Crippen molar-refractivity contribution in [2.24, 2.45) is 0 Å². The Labute approximate surface area is 158 Å². The van der Waals surface area contributed by atoms with Gasteiger partial charge in [0.05, 0.1) is 17.7 Å². The summed E-state index contributed by atoms with van der Waals surface area (Å²) in [5.74, 6) is -1.65. The van der Waals surface area contributed by atoms with Crippen molar-refractivity contribution in [1.82, 2.24) is 4.90 Å². The number of aliphatic hydroxyl groups is 2. The van der Waals surface area contributed by atoms with Crippen LogP contribution in [0.4, 0.5) is 0 Å². The van der Waals surface area contributed by atoms with Gasteiger partial charge < -0.3 is 15.1 Å². The number of nitrogens with zero attached hydrogens (tertiary/aromatic N) is 1. The highest BCUT2D eigenvalue weighted by atomic mass is 16.3. The van der Waals surface area contributed by atoms with Crippen LogP contribution in [0.5, 0.6) is 0 Å². The number of carbonyl (C=O) groups is 2. The number of hydrogen-bond acceptors (Lipinski definition) is 4. The van der Waals surface area contributed by atoms with Crippen LogP contribution in [0.2, 0.25) is 0 Å². The quantitative estimate of drug-likeness (QED) is 0.496. The third-order valence-corrected chi connectivity index (χ3v) is 4.72. The molecule has 2 aromatic carbocycles. The van der Waals surface area contributed by atoms with Gasteiger partial charge in [0.1, 0.15) is 5.76 Å². The van der Waals surface area contributed by atoms with Crippen LogP contribution in [0.25, 0.3) is 5.76 Å². The fraction of sp³-hybridized carbons (Fsp3) is 0.273. The van der Waals surface area contributed by atoms with Crippen molar-refractivity contribution in [3.05, 3.63) is 76.4 Å². The molecule has 27 heavy (non-hydrogen) atoms. The number of ketones is 1. The maximum atomic E-state index is 12.7. The summed E-state index contributed by atoms with van der Waals surface area (Å²) in [4.78, 5) is 26.7. The molecule has 1 amide bonds. The number of amides is 1. The van der Waals surface area contributed by atoms with E-state index in [1.165, 1.54) is 4.90 Å². The zero-order valence-corrected chi connectivity index (χ0v) is 15.6. The average molecular weight is 365 g/mol. The minimum Gasteiger partial charge on any atom is -0.507 e. The van der Waals surface area contributed by atoms with Crippen LogP contribution in [-0.2, 0) is 9.59 Å². The first-order valence-corrected chi connectivity index (χ1v) is 8.89. The Morgan fingerprint density at radius 2 is 1.52 bits per heavy atom. The van der Waals surface area contributed by atoms with E-state index >= 15 is 0 Å². The van der Waals surface area contributed by atoms with E-state index in [0.29, 0.717) is 11.1 Å². The van der Waals surface area contributed by atoms with Gasteiger partial charge in [0.25, 0.3) is 11.7 Å². The molecular weight excluding hydrogens is 342 g/mol. The summed E-state index contributed by atoms with van der Waals surface area (Å²) in [6.07, 6.45) is -0.796. The lowest BCUT2D eigenvalue weighted by Crippen LogP contribution is -2.35. The minimum absolute atomic E-state index is 0.00773. The highest BCUT2D eigenvalue weighted by Crippen LogP contribution is 2.39. The van der Waals surface area contributed by atoms with Gasteiger partial charge in [-0.1, -0.05) is 59.7 Å². The first kappa shape index (κ1) is 18.9. The molecule has 2 N–H and O–H groups in total. The highest BCUT2D eigenvalue weighted by molar-refractivity contribution is 6.46. The lowest BCUT2D eigenvalue weighted by Gasteiger charge is -2.26. The lowest BCUT2D eigenvalue weighted by molar-refractivity contribution is -0.140. The molecule has 5 heteroatoms. The average Bonchev–Trinajstić information content (AvgIpc) is 2.87. The van der Waals surface area contributed by atoms with E-state index in [4.69, 9.17) is 0 Å². The third-order valence-electron chi connectivity index (χ3n) is 4.72. The minimum atomic E-state index is -0.796. The number of carbonyl (C=O) groups excluding carboxylic acids is 2. The lowest BCUT2D eigenvalue weighted by atomic mass is 9.94. The first-order valence-electron chi connectivity index (χ1n) is 8.89. The van der Waals surface area contributed by atoms with Crippen LogP contribution >= 0.6 is 0 Å². The molecule has 0 bridgehead atoms. The number of aryl methyl sites for hydroxylation is 2. The third kappa shape index (κ3) is 3.64. The van der Waals surface area contributed by atoms with Gasteiger partial charge in [0.15, 0.2) is 0 Å². The smallest absolute Gasteiger partial charge is 0.295 e. The van der Waals surface area contributed by atoms with Crippen LogP contribution in [-0.4, -0.2) is 39.5 Å². The Bertz CT molecular complexity index is 895. The van der Waals surface area contributed by atoms with E-state index in [9.17, 15) is 19.8 Å². The van der Waals surface area contributed by atoms with E-state index in [1.807, 2.05) is 50.2 Å². The number of benzene rings is 2. The van der Waals surface area contributed by atoms with Crippen LogP contribution in [0.15, 0.2) is 54.1 Å². The van der Waals surface area contributed by atoms with Crippen LogP contribution < -0.4 is 0 Å². The standard InChI is InChI=1S/C22H23NO4/c1-13-4-8-16(9-5-13)19-18(20(25)17-10-6-14(2)7-11-17)21(26)22(27)23(19)12-15(3)24/h4-11,15,19,24-25H,12H2,1-3H3/t15-,19+/m0/s1. The van der Waals surface area contributed by atoms with Crippen LogP contribution in [0.3, 0.4) is 0 Å². The molecule has 1 aliphatic heterocycles. The fourth-order valence-corrected chi connectivity index (χ4v) is 3.32. The molecule has 140 valence electrons. The van der Waals surface area contributed by atoms with Crippen molar-refractivity contribution in [2.75, 3.05) is 6.54 Å².